The highest BCUT2D eigenvalue weighted by Gasteiger charge is 2.28. The summed E-state index contributed by atoms with van der Waals surface area (Å²) in [6, 6.07) is 6.17. The number of carbonyl (C=O) groups excluding carboxylic acids is 2. The van der Waals surface area contributed by atoms with Gasteiger partial charge in [-0.05, 0) is 30.5 Å². The summed E-state index contributed by atoms with van der Waals surface area (Å²) >= 11 is 0. The van der Waals surface area contributed by atoms with Gasteiger partial charge in [0.2, 0.25) is 11.8 Å². The molecule has 1 fully saturated rings. The van der Waals surface area contributed by atoms with Crippen molar-refractivity contribution in [2.75, 3.05) is 19.7 Å². The van der Waals surface area contributed by atoms with Crippen LogP contribution in [0.2, 0.25) is 0 Å². The first-order valence-electron chi connectivity index (χ1n) is 8.06. The molecular formula is C17H21F3N2O3. The standard InChI is InChI=1S/C17H21F3N2O3/c1-12(23)22-7-3-5-14(10-22)16(24)21-9-13-4-2-6-15(8-13)25-11-17(18,19)20/h2,4,6,8,14H,3,5,7,9-11H2,1H3,(H,21,24). The lowest BCUT2D eigenvalue weighted by atomic mass is 9.97. The molecule has 0 radical (unpaired) electrons. The topological polar surface area (TPSA) is 58.6 Å². The minimum atomic E-state index is -4.40. The molecular weight excluding hydrogens is 337 g/mol. The number of nitrogens with zero attached hydrogens (tertiary/aromatic N) is 1. The highest BCUT2D eigenvalue weighted by molar-refractivity contribution is 5.80. The molecule has 1 aromatic rings. The zero-order valence-corrected chi connectivity index (χ0v) is 13.9. The minimum absolute atomic E-state index is 0.0491. The number of carbonyl (C=O) groups is 2. The van der Waals surface area contributed by atoms with E-state index in [0.29, 0.717) is 25.1 Å². The fourth-order valence-corrected chi connectivity index (χ4v) is 2.72. The molecule has 1 atom stereocenters. The van der Waals surface area contributed by atoms with E-state index in [9.17, 15) is 22.8 Å². The van der Waals surface area contributed by atoms with Crippen LogP contribution in [-0.4, -0.2) is 42.6 Å². The van der Waals surface area contributed by atoms with Gasteiger partial charge in [0.15, 0.2) is 6.61 Å². The van der Waals surface area contributed by atoms with Gasteiger partial charge in [-0.15, -0.1) is 0 Å². The van der Waals surface area contributed by atoms with E-state index in [1.807, 2.05) is 0 Å². The number of rotatable bonds is 5. The Bertz CT molecular complexity index is 619. The SMILES string of the molecule is CC(=O)N1CCCC(C(=O)NCc2cccc(OCC(F)(F)F)c2)C1. The summed E-state index contributed by atoms with van der Waals surface area (Å²) in [5.41, 5.74) is 0.646. The van der Waals surface area contributed by atoms with Gasteiger partial charge < -0.3 is 15.0 Å². The van der Waals surface area contributed by atoms with Gasteiger partial charge in [0.1, 0.15) is 5.75 Å². The van der Waals surface area contributed by atoms with Gasteiger partial charge in [0, 0.05) is 26.6 Å². The summed E-state index contributed by atoms with van der Waals surface area (Å²) in [6.07, 6.45) is -2.91. The van der Waals surface area contributed by atoms with Gasteiger partial charge in [0.25, 0.3) is 0 Å². The predicted molar refractivity (Wildman–Crippen MR) is 84.8 cm³/mol. The first-order valence-corrected chi connectivity index (χ1v) is 8.06. The maximum Gasteiger partial charge on any atom is 0.422 e. The van der Waals surface area contributed by atoms with Crippen molar-refractivity contribution in [1.82, 2.24) is 10.2 Å². The fourth-order valence-electron chi connectivity index (χ4n) is 2.72. The third-order valence-electron chi connectivity index (χ3n) is 4.01. The van der Waals surface area contributed by atoms with Crippen LogP contribution >= 0.6 is 0 Å². The first-order chi connectivity index (χ1) is 11.7. The molecule has 5 nitrogen and oxygen atoms in total. The van der Waals surface area contributed by atoms with Crippen molar-refractivity contribution >= 4 is 11.8 Å². The molecule has 138 valence electrons. The van der Waals surface area contributed by atoms with Crippen molar-refractivity contribution in [3.05, 3.63) is 29.8 Å². The molecule has 1 saturated heterocycles. The number of benzene rings is 1. The van der Waals surface area contributed by atoms with E-state index in [1.54, 1.807) is 17.0 Å². The number of hydrogen-bond acceptors (Lipinski definition) is 3. The van der Waals surface area contributed by atoms with Crippen LogP contribution in [0.3, 0.4) is 0 Å². The van der Waals surface area contributed by atoms with E-state index in [2.05, 4.69) is 5.32 Å². The molecule has 0 spiro atoms. The number of likely N-dealkylation sites (tertiary alicyclic amines) is 1. The van der Waals surface area contributed by atoms with Gasteiger partial charge >= 0.3 is 6.18 Å². The van der Waals surface area contributed by atoms with Crippen molar-refractivity contribution in [3.8, 4) is 5.75 Å². The minimum Gasteiger partial charge on any atom is -0.484 e. The van der Waals surface area contributed by atoms with Crippen LogP contribution in [0.1, 0.15) is 25.3 Å². The number of halogens is 3. The van der Waals surface area contributed by atoms with E-state index >= 15 is 0 Å². The van der Waals surface area contributed by atoms with Crippen LogP contribution in [-0.2, 0) is 16.1 Å². The Balaban J connectivity index is 1.86. The molecule has 0 saturated carbocycles. The van der Waals surface area contributed by atoms with Crippen LogP contribution < -0.4 is 10.1 Å². The monoisotopic (exact) mass is 358 g/mol. The summed E-state index contributed by atoms with van der Waals surface area (Å²) in [5.74, 6) is -0.369. The van der Waals surface area contributed by atoms with Crippen molar-refractivity contribution in [3.63, 3.8) is 0 Å². The Morgan fingerprint density at radius 3 is 2.80 bits per heavy atom. The Kier molecular flexibility index (Phi) is 6.27. The molecule has 8 heteroatoms. The van der Waals surface area contributed by atoms with Crippen LogP contribution in [0.4, 0.5) is 13.2 Å². The average Bonchev–Trinajstić information content (AvgIpc) is 2.58. The van der Waals surface area contributed by atoms with Crippen molar-refractivity contribution in [2.45, 2.75) is 32.5 Å². The maximum atomic E-state index is 12.3. The number of nitrogens with one attached hydrogen (secondary N) is 1. The van der Waals surface area contributed by atoms with Gasteiger partial charge in [-0.1, -0.05) is 12.1 Å². The summed E-state index contributed by atoms with van der Waals surface area (Å²) in [5, 5.41) is 2.77. The van der Waals surface area contributed by atoms with Gasteiger partial charge in [0.05, 0.1) is 5.92 Å². The van der Waals surface area contributed by atoms with Crippen LogP contribution in [0.15, 0.2) is 24.3 Å². The van der Waals surface area contributed by atoms with E-state index < -0.39 is 12.8 Å². The van der Waals surface area contributed by atoms with Crippen LogP contribution in [0, 0.1) is 5.92 Å². The first kappa shape index (κ1) is 19.1. The second-order valence-electron chi connectivity index (χ2n) is 6.07. The largest absolute Gasteiger partial charge is 0.484 e. The Morgan fingerprint density at radius 1 is 1.36 bits per heavy atom. The normalized spacial score (nSPS) is 17.9. The average molecular weight is 358 g/mol. The van der Waals surface area contributed by atoms with E-state index in [4.69, 9.17) is 4.74 Å². The lowest BCUT2D eigenvalue weighted by Crippen LogP contribution is -2.44. The van der Waals surface area contributed by atoms with Crippen molar-refractivity contribution in [2.24, 2.45) is 5.92 Å². The number of ether oxygens (including phenoxy) is 1. The summed E-state index contributed by atoms with van der Waals surface area (Å²) in [7, 11) is 0. The second kappa shape index (κ2) is 8.22. The molecule has 0 aromatic heterocycles. The number of amides is 2. The predicted octanol–water partition coefficient (Wildman–Crippen LogP) is 2.50. The van der Waals surface area contributed by atoms with Crippen molar-refractivity contribution < 1.29 is 27.5 Å². The fraction of sp³-hybridized carbons (Fsp3) is 0.529. The van der Waals surface area contributed by atoms with Gasteiger partial charge in [-0.2, -0.15) is 13.2 Å². The summed E-state index contributed by atoms with van der Waals surface area (Å²) < 4.78 is 41.2. The molecule has 2 amide bonds. The molecule has 2 rings (SSSR count). The molecule has 0 aliphatic carbocycles. The smallest absolute Gasteiger partial charge is 0.422 e. The molecule has 1 aliphatic heterocycles. The highest BCUT2D eigenvalue weighted by atomic mass is 19.4. The Hall–Kier alpha value is -2.25. The third kappa shape index (κ3) is 6.28. The Morgan fingerprint density at radius 2 is 2.12 bits per heavy atom. The lowest BCUT2D eigenvalue weighted by molar-refractivity contribution is -0.153. The number of alkyl halides is 3. The summed E-state index contributed by atoms with van der Waals surface area (Å²) in [4.78, 5) is 25.3. The molecule has 1 heterocycles. The van der Waals surface area contributed by atoms with Gasteiger partial charge in [-0.25, -0.2) is 0 Å². The maximum absolute atomic E-state index is 12.3. The molecule has 25 heavy (non-hydrogen) atoms. The molecule has 1 aliphatic rings. The Labute approximate surface area is 144 Å². The molecule has 0 bridgehead atoms. The molecule has 1 aromatic carbocycles. The molecule has 1 unspecified atom stereocenters. The summed E-state index contributed by atoms with van der Waals surface area (Å²) in [6.45, 7) is 1.38. The number of hydrogen-bond donors (Lipinski definition) is 1. The van der Waals surface area contributed by atoms with Gasteiger partial charge in [-0.3, -0.25) is 9.59 Å². The lowest BCUT2D eigenvalue weighted by Gasteiger charge is -2.31. The van der Waals surface area contributed by atoms with Crippen LogP contribution in [0.25, 0.3) is 0 Å². The second-order valence-corrected chi connectivity index (χ2v) is 6.07. The highest BCUT2D eigenvalue weighted by Crippen LogP contribution is 2.20. The molecule has 1 N–H and O–H groups in total. The van der Waals surface area contributed by atoms with E-state index in [-0.39, 0.29) is 30.0 Å². The van der Waals surface area contributed by atoms with E-state index in [1.165, 1.54) is 19.1 Å². The number of piperidine rings is 1. The zero-order valence-electron chi connectivity index (χ0n) is 13.9. The van der Waals surface area contributed by atoms with Crippen LogP contribution in [0.5, 0.6) is 5.75 Å². The quantitative estimate of drug-likeness (QED) is 0.880. The van der Waals surface area contributed by atoms with Crippen molar-refractivity contribution in [1.29, 1.82) is 0 Å². The van der Waals surface area contributed by atoms with E-state index in [0.717, 1.165) is 6.42 Å². The zero-order chi connectivity index (χ0) is 18.4. The third-order valence-corrected chi connectivity index (χ3v) is 4.01.